The highest BCUT2D eigenvalue weighted by Crippen LogP contribution is 2.33. The normalized spacial score (nSPS) is 14.9. The molecule has 1 N–H and O–H groups in total. The second-order valence-electron chi connectivity index (χ2n) is 8.65. The van der Waals surface area contributed by atoms with Crippen molar-refractivity contribution in [1.29, 1.82) is 5.26 Å². The molecule has 14 heteroatoms. The lowest BCUT2D eigenvalue weighted by Crippen LogP contribution is -2.49. The van der Waals surface area contributed by atoms with Crippen LogP contribution in [0.1, 0.15) is 17.5 Å². The maximum Gasteiger partial charge on any atom is 0.425 e. The molecule has 37 heavy (non-hydrogen) atoms. The number of nitrogens with one attached hydrogen (secondary N) is 1. The van der Waals surface area contributed by atoms with E-state index in [0.29, 0.717) is 31.7 Å². The largest absolute Gasteiger partial charge is 0.484 e. The van der Waals surface area contributed by atoms with E-state index in [1.165, 1.54) is 6.20 Å². The molecule has 1 aliphatic rings. The Morgan fingerprint density at radius 3 is 2.57 bits per heavy atom. The van der Waals surface area contributed by atoms with Crippen molar-refractivity contribution in [2.75, 3.05) is 64.9 Å². The summed E-state index contributed by atoms with van der Waals surface area (Å²) in [4.78, 5) is 34.0. The second kappa shape index (κ2) is 12.5. The van der Waals surface area contributed by atoms with Crippen molar-refractivity contribution in [3.63, 3.8) is 0 Å². The Labute approximate surface area is 211 Å². The molecule has 0 aromatic carbocycles. The lowest BCUT2D eigenvalue weighted by atomic mass is 10.2. The lowest BCUT2D eigenvalue weighted by Gasteiger charge is -2.35. The van der Waals surface area contributed by atoms with Gasteiger partial charge >= 0.3 is 6.18 Å². The molecule has 11 nitrogen and oxygen atoms in total. The average molecular weight is 524 g/mol. The zero-order valence-electron chi connectivity index (χ0n) is 20.5. The van der Waals surface area contributed by atoms with E-state index in [9.17, 15) is 22.8 Å². The summed E-state index contributed by atoms with van der Waals surface area (Å²) in [6, 6.07) is 5.49. The number of nitrogens with zero attached hydrogens (tertiary/aromatic N) is 6. The fourth-order valence-corrected chi connectivity index (χ4v) is 3.81. The van der Waals surface area contributed by atoms with E-state index in [1.807, 2.05) is 11.0 Å². The van der Waals surface area contributed by atoms with Gasteiger partial charge < -0.3 is 24.2 Å². The number of carbonyl (C=O) groups is 1. The molecule has 1 saturated heterocycles. The van der Waals surface area contributed by atoms with Crippen LogP contribution in [0.3, 0.4) is 0 Å². The molecular weight excluding hydrogens is 495 g/mol. The van der Waals surface area contributed by atoms with Crippen LogP contribution in [0, 0.1) is 11.3 Å². The fraction of sp³-hybridized carbons (Fsp3) is 0.522. The van der Waals surface area contributed by atoms with E-state index in [1.54, 1.807) is 41.1 Å². The third-order valence-electron chi connectivity index (χ3n) is 5.56. The topological polar surface area (TPSA) is 128 Å². The summed E-state index contributed by atoms with van der Waals surface area (Å²) in [7, 11) is 3.43. The third kappa shape index (κ3) is 7.89. The van der Waals surface area contributed by atoms with Crippen molar-refractivity contribution in [2.45, 2.75) is 18.7 Å². The molecular formula is C23H28F3N7O4. The number of pyridine rings is 1. The average Bonchev–Trinajstić information content (AvgIpc) is 2.85. The quantitative estimate of drug-likeness (QED) is 0.456. The SMILES string of the molecule is CN(C)CC(COCCC(=O)N1CCN(c2ccc(C#N)cn2)CC1)Oc1cn[nH]c(=O)c1C(F)(F)F. The number of rotatable bonds is 10. The number of carbonyl (C=O) groups excluding carboxylic acids is 1. The molecule has 0 radical (unpaired) electrons. The number of hydrogen-bond donors (Lipinski definition) is 1. The highest BCUT2D eigenvalue weighted by molar-refractivity contribution is 5.76. The van der Waals surface area contributed by atoms with Gasteiger partial charge in [0.25, 0.3) is 5.56 Å². The van der Waals surface area contributed by atoms with Gasteiger partial charge in [0.2, 0.25) is 5.91 Å². The number of aromatic nitrogens is 3. The highest BCUT2D eigenvalue weighted by Gasteiger charge is 2.39. The molecule has 1 amide bonds. The van der Waals surface area contributed by atoms with Crippen LogP contribution in [0.25, 0.3) is 0 Å². The first-order valence-electron chi connectivity index (χ1n) is 11.5. The molecule has 1 fully saturated rings. The first-order valence-corrected chi connectivity index (χ1v) is 11.5. The van der Waals surface area contributed by atoms with E-state index < -0.39 is 29.2 Å². The van der Waals surface area contributed by atoms with Crippen LogP contribution in [-0.4, -0.2) is 97.0 Å². The molecule has 2 aromatic rings. The van der Waals surface area contributed by atoms with Gasteiger partial charge in [0.05, 0.1) is 31.4 Å². The van der Waals surface area contributed by atoms with Crippen LogP contribution in [0.15, 0.2) is 29.3 Å². The summed E-state index contributed by atoms with van der Waals surface area (Å²) in [6.45, 7) is 2.37. The van der Waals surface area contributed by atoms with E-state index in [2.05, 4.69) is 10.1 Å². The van der Waals surface area contributed by atoms with E-state index in [0.717, 1.165) is 12.0 Å². The van der Waals surface area contributed by atoms with Crippen LogP contribution >= 0.6 is 0 Å². The maximum absolute atomic E-state index is 13.3. The Morgan fingerprint density at radius 1 is 1.24 bits per heavy atom. The number of hydrogen-bond acceptors (Lipinski definition) is 9. The molecule has 0 spiro atoms. The van der Waals surface area contributed by atoms with Crippen molar-refractivity contribution in [1.82, 2.24) is 25.0 Å². The van der Waals surface area contributed by atoms with Gasteiger partial charge in [-0.2, -0.15) is 23.5 Å². The molecule has 200 valence electrons. The lowest BCUT2D eigenvalue weighted by molar-refractivity contribution is -0.141. The van der Waals surface area contributed by atoms with Crippen molar-refractivity contribution < 1.29 is 27.4 Å². The highest BCUT2D eigenvalue weighted by atomic mass is 19.4. The third-order valence-corrected chi connectivity index (χ3v) is 5.56. The van der Waals surface area contributed by atoms with E-state index >= 15 is 0 Å². The maximum atomic E-state index is 13.3. The van der Waals surface area contributed by atoms with Crippen molar-refractivity contribution in [3.05, 3.63) is 46.0 Å². The number of H-pyrrole nitrogens is 1. The van der Waals surface area contributed by atoms with Crippen LogP contribution in [0.2, 0.25) is 0 Å². The molecule has 1 aliphatic heterocycles. The number of amides is 1. The number of ether oxygens (including phenoxy) is 2. The first-order chi connectivity index (χ1) is 17.6. The number of piperazine rings is 1. The van der Waals surface area contributed by atoms with E-state index in [-0.39, 0.29) is 32.1 Å². The Balaban J connectivity index is 1.48. The predicted molar refractivity (Wildman–Crippen MR) is 126 cm³/mol. The summed E-state index contributed by atoms with van der Waals surface area (Å²) in [5.41, 5.74) is -2.38. The second-order valence-corrected chi connectivity index (χ2v) is 8.65. The molecule has 3 heterocycles. The Bertz CT molecular complexity index is 1140. The number of nitriles is 1. The number of halogens is 3. The van der Waals surface area contributed by atoms with Gasteiger partial charge in [-0.1, -0.05) is 0 Å². The minimum atomic E-state index is -4.91. The van der Waals surface area contributed by atoms with Gasteiger partial charge in [-0.05, 0) is 26.2 Å². The smallest absolute Gasteiger partial charge is 0.425 e. The predicted octanol–water partition coefficient (Wildman–Crippen LogP) is 1.12. The van der Waals surface area contributed by atoms with Gasteiger partial charge in [0, 0.05) is 38.9 Å². The number of anilines is 1. The van der Waals surface area contributed by atoms with Crippen molar-refractivity contribution in [2.24, 2.45) is 0 Å². The minimum Gasteiger partial charge on any atom is -0.484 e. The first kappa shape index (κ1) is 27.9. The molecule has 0 saturated carbocycles. The van der Waals surface area contributed by atoms with Gasteiger partial charge in [-0.3, -0.25) is 9.59 Å². The summed E-state index contributed by atoms with van der Waals surface area (Å²) in [5, 5.41) is 14.1. The standard InChI is InChI=1S/C23H28F3N7O4/c1-31(2)14-17(37-18-13-29-30-22(35)21(18)23(24,25)26)15-36-10-5-20(34)33-8-6-32(7-9-33)19-4-3-16(11-27)12-28-19/h3-4,12-13,17H,5-10,14-15H2,1-2H3,(H,30,35). The molecule has 1 unspecified atom stereocenters. The minimum absolute atomic E-state index is 0.0588. The van der Waals surface area contributed by atoms with E-state index in [4.69, 9.17) is 14.7 Å². The molecule has 3 rings (SSSR count). The monoisotopic (exact) mass is 523 g/mol. The van der Waals surface area contributed by atoms with Gasteiger partial charge in [0.1, 0.15) is 18.0 Å². The van der Waals surface area contributed by atoms with Crippen LogP contribution in [-0.2, 0) is 15.7 Å². The van der Waals surface area contributed by atoms with Gasteiger partial charge in [-0.25, -0.2) is 10.1 Å². The molecule has 1 atom stereocenters. The summed E-state index contributed by atoms with van der Waals surface area (Å²) < 4.78 is 51.0. The fourth-order valence-electron chi connectivity index (χ4n) is 3.81. The number of alkyl halides is 3. The Hall–Kier alpha value is -3.70. The van der Waals surface area contributed by atoms with Crippen molar-refractivity contribution in [3.8, 4) is 11.8 Å². The van der Waals surface area contributed by atoms with Gasteiger partial charge in [0.15, 0.2) is 11.3 Å². The van der Waals surface area contributed by atoms with Crippen molar-refractivity contribution >= 4 is 11.7 Å². The Kier molecular flexibility index (Phi) is 9.42. The molecule has 2 aromatic heterocycles. The summed E-state index contributed by atoms with van der Waals surface area (Å²) in [5.74, 6) is -0.0429. The Morgan fingerprint density at radius 2 is 1.97 bits per heavy atom. The molecule has 0 bridgehead atoms. The zero-order chi connectivity index (χ0) is 27.0. The summed E-state index contributed by atoms with van der Waals surface area (Å²) in [6.07, 6.45) is -3.33. The van der Waals surface area contributed by atoms with Crippen LogP contribution < -0.4 is 15.2 Å². The van der Waals surface area contributed by atoms with Crippen LogP contribution in [0.5, 0.6) is 5.75 Å². The summed E-state index contributed by atoms with van der Waals surface area (Å²) >= 11 is 0. The number of likely N-dealkylation sites (N-methyl/N-ethyl adjacent to an activating group) is 1. The van der Waals surface area contributed by atoms with Crippen LogP contribution in [0.4, 0.5) is 19.0 Å². The molecule has 0 aliphatic carbocycles. The van der Waals surface area contributed by atoms with Gasteiger partial charge in [-0.15, -0.1) is 0 Å². The number of aromatic amines is 1. The zero-order valence-corrected chi connectivity index (χ0v) is 20.5.